The first kappa shape index (κ1) is 23.9. The molecule has 1 fully saturated rings. The van der Waals surface area contributed by atoms with Crippen LogP contribution in [0.1, 0.15) is 23.6 Å². The zero-order valence-electron chi connectivity index (χ0n) is 19.6. The molecular formula is C26H26F3N5O2. The molecule has 2 aliphatic heterocycles. The third-order valence-corrected chi connectivity index (χ3v) is 6.86. The molecule has 0 unspecified atom stereocenters. The first-order valence-electron chi connectivity index (χ1n) is 11.9. The number of amides is 2. The van der Waals surface area contributed by atoms with E-state index in [1.165, 1.54) is 6.07 Å². The lowest BCUT2D eigenvalue weighted by atomic mass is 10.1. The molecule has 2 aromatic carbocycles. The van der Waals surface area contributed by atoms with Crippen molar-refractivity contribution in [2.24, 2.45) is 0 Å². The second kappa shape index (κ2) is 9.67. The van der Waals surface area contributed by atoms with Gasteiger partial charge in [-0.15, -0.1) is 0 Å². The SMILES string of the molecule is O=C(C[C@H](C(=O)N1CCc2ccccc21)n1ccnc1)N1CCN(c2cccc(C(F)(F)F)c2)CC1. The molecule has 0 radical (unpaired) electrons. The van der Waals surface area contributed by atoms with Gasteiger partial charge in [0, 0.05) is 56.5 Å². The van der Waals surface area contributed by atoms with E-state index in [-0.39, 0.29) is 18.2 Å². The van der Waals surface area contributed by atoms with Crippen LogP contribution >= 0.6 is 0 Å². The highest BCUT2D eigenvalue weighted by molar-refractivity contribution is 6.00. The number of para-hydroxylation sites is 1. The van der Waals surface area contributed by atoms with Crippen LogP contribution in [0.3, 0.4) is 0 Å². The summed E-state index contributed by atoms with van der Waals surface area (Å²) in [6.07, 6.45) is 1.16. The molecule has 0 N–H and O–H groups in total. The summed E-state index contributed by atoms with van der Waals surface area (Å²) >= 11 is 0. The molecule has 1 saturated heterocycles. The van der Waals surface area contributed by atoms with E-state index >= 15 is 0 Å². The van der Waals surface area contributed by atoms with Gasteiger partial charge in [0.1, 0.15) is 6.04 Å². The number of anilines is 2. The lowest BCUT2D eigenvalue weighted by molar-refractivity contribution is -0.137. The zero-order chi connectivity index (χ0) is 25.3. The van der Waals surface area contributed by atoms with Crippen molar-refractivity contribution in [2.75, 3.05) is 42.5 Å². The Kier molecular flexibility index (Phi) is 6.42. The molecule has 0 spiro atoms. The number of piperazine rings is 1. The van der Waals surface area contributed by atoms with Gasteiger partial charge in [0.2, 0.25) is 5.91 Å². The van der Waals surface area contributed by atoms with Crippen LogP contribution in [0.15, 0.2) is 67.3 Å². The Morgan fingerprint density at radius 2 is 1.75 bits per heavy atom. The summed E-state index contributed by atoms with van der Waals surface area (Å²) in [4.78, 5) is 36.2. The first-order valence-corrected chi connectivity index (χ1v) is 11.9. The Balaban J connectivity index is 1.26. The van der Waals surface area contributed by atoms with E-state index in [9.17, 15) is 22.8 Å². The fourth-order valence-corrected chi connectivity index (χ4v) is 4.91. The third kappa shape index (κ3) is 4.80. The number of halogens is 3. The summed E-state index contributed by atoms with van der Waals surface area (Å²) in [6, 6.07) is 12.3. The van der Waals surface area contributed by atoms with Gasteiger partial charge in [-0.05, 0) is 36.2 Å². The first-order chi connectivity index (χ1) is 17.3. The van der Waals surface area contributed by atoms with Crippen molar-refractivity contribution in [3.63, 3.8) is 0 Å². The van der Waals surface area contributed by atoms with Crippen molar-refractivity contribution in [1.29, 1.82) is 0 Å². The number of fused-ring (bicyclic) bond motifs is 1. The lowest BCUT2D eigenvalue weighted by Gasteiger charge is -2.37. The van der Waals surface area contributed by atoms with Crippen LogP contribution in [-0.2, 0) is 22.2 Å². The molecule has 2 aliphatic rings. The zero-order valence-corrected chi connectivity index (χ0v) is 19.6. The van der Waals surface area contributed by atoms with Gasteiger partial charge in [-0.2, -0.15) is 13.2 Å². The molecule has 0 bridgehead atoms. The van der Waals surface area contributed by atoms with Crippen molar-refractivity contribution in [3.05, 3.63) is 78.4 Å². The number of alkyl halides is 3. The average Bonchev–Trinajstić information content (AvgIpc) is 3.57. The Morgan fingerprint density at radius 1 is 0.972 bits per heavy atom. The number of aromatic nitrogens is 2. The topological polar surface area (TPSA) is 61.7 Å². The second-order valence-electron chi connectivity index (χ2n) is 9.01. The van der Waals surface area contributed by atoms with E-state index in [1.807, 2.05) is 29.2 Å². The summed E-state index contributed by atoms with van der Waals surface area (Å²) in [5.74, 6) is -0.327. The Bertz CT molecular complexity index is 1240. The smallest absolute Gasteiger partial charge is 0.368 e. The largest absolute Gasteiger partial charge is 0.416 e. The van der Waals surface area contributed by atoms with E-state index < -0.39 is 17.8 Å². The molecular weight excluding hydrogens is 471 g/mol. The van der Waals surface area contributed by atoms with Crippen LogP contribution < -0.4 is 9.80 Å². The summed E-state index contributed by atoms with van der Waals surface area (Å²) in [5, 5.41) is 0. The Labute approximate surface area is 206 Å². The van der Waals surface area contributed by atoms with Gasteiger partial charge in [0.25, 0.3) is 5.91 Å². The van der Waals surface area contributed by atoms with Crippen LogP contribution in [-0.4, -0.2) is 59.0 Å². The second-order valence-corrected chi connectivity index (χ2v) is 9.01. The number of imidazole rings is 1. The molecule has 0 saturated carbocycles. The number of rotatable bonds is 5. The van der Waals surface area contributed by atoms with Crippen molar-refractivity contribution in [1.82, 2.24) is 14.5 Å². The number of carbonyl (C=O) groups excluding carboxylic acids is 2. The summed E-state index contributed by atoms with van der Waals surface area (Å²) in [5.41, 5.74) is 1.77. The number of hydrogen-bond acceptors (Lipinski definition) is 4. The predicted octanol–water partition coefficient (Wildman–Crippen LogP) is 3.77. The van der Waals surface area contributed by atoms with Gasteiger partial charge in [-0.25, -0.2) is 4.98 Å². The quantitative estimate of drug-likeness (QED) is 0.539. The van der Waals surface area contributed by atoms with Gasteiger partial charge >= 0.3 is 6.18 Å². The molecule has 5 rings (SSSR count). The highest BCUT2D eigenvalue weighted by atomic mass is 19.4. The van der Waals surface area contributed by atoms with E-state index in [4.69, 9.17) is 0 Å². The van der Waals surface area contributed by atoms with Gasteiger partial charge in [-0.1, -0.05) is 24.3 Å². The standard InChI is InChI=1S/C26H26F3N5O2/c27-26(28,29)20-5-3-6-21(16-20)31-12-14-32(15-13-31)24(35)17-23(33-11-9-30-18-33)25(36)34-10-8-19-4-1-2-7-22(19)34/h1-7,9,11,16,18,23H,8,10,12-15,17H2/t23-/m1/s1. The molecule has 1 aromatic heterocycles. The molecule has 7 nitrogen and oxygen atoms in total. The molecule has 10 heteroatoms. The predicted molar refractivity (Wildman–Crippen MR) is 129 cm³/mol. The van der Waals surface area contributed by atoms with Crippen LogP contribution in [0.4, 0.5) is 24.5 Å². The number of benzene rings is 2. The maximum atomic E-state index is 13.6. The van der Waals surface area contributed by atoms with Crippen molar-refractivity contribution >= 4 is 23.2 Å². The van der Waals surface area contributed by atoms with Gasteiger partial charge in [0.05, 0.1) is 18.3 Å². The third-order valence-electron chi connectivity index (χ3n) is 6.86. The van der Waals surface area contributed by atoms with Crippen molar-refractivity contribution in [3.8, 4) is 0 Å². The van der Waals surface area contributed by atoms with Crippen LogP contribution in [0.25, 0.3) is 0 Å². The van der Waals surface area contributed by atoms with Crippen LogP contribution in [0.5, 0.6) is 0 Å². The minimum atomic E-state index is -4.40. The van der Waals surface area contributed by atoms with E-state index in [0.717, 1.165) is 29.8 Å². The molecule has 3 heterocycles. The fraction of sp³-hybridized carbons (Fsp3) is 0.346. The molecule has 2 amide bonds. The van der Waals surface area contributed by atoms with Crippen molar-refractivity contribution < 1.29 is 22.8 Å². The molecule has 36 heavy (non-hydrogen) atoms. The maximum absolute atomic E-state index is 13.6. The van der Waals surface area contributed by atoms with E-state index in [1.54, 1.807) is 39.2 Å². The average molecular weight is 498 g/mol. The van der Waals surface area contributed by atoms with Gasteiger partial charge in [-0.3, -0.25) is 9.59 Å². The van der Waals surface area contributed by atoms with Crippen LogP contribution in [0, 0.1) is 0 Å². The highest BCUT2D eigenvalue weighted by Gasteiger charge is 2.35. The Morgan fingerprint density at radius 3 is 2.47 bits per heavy atom. The van der Waals surface area contributed by atoms with E-state index in [2.05, 4.69) is 4.98 Å². The number of carbonyl (C=O) groups is 2. The highest BCUT2D eigenvalue weighted by Crippen LogP contribution is 2.33. The minimum Gasteiger partial charge on any atom is -0.368 e. The van der Waals surface area contributed by atoms with Gasteiger partial charge < -0.3 is 19.3 Å². The minimum absolute atomic E-state index is 0.0164. The fourth-order valence-electron chi connectivity index (χ4n) is 4.91. The Hall–Kier alpha value is -3.82. The molecule has 188 valence electrons. The van der Waals surface area contributed by atoms with Gasteiger partial charge in [0.15, 0.2) is 0 Å². The number of nitrogens with zero attached hydrogens (tertiary/aromatic N) is 5. The normalized spacial score (nSPS) is 16.7. The summed E-state index contributed by atoms with van der Waals surface area (Å²) in [6.45, 7) is 2.12. The lowest BCUT2D eigenvalue weighted by Crippen LogP contribution is -2.49. The van der Waals surface area contributed by atoms with E-state index in [0.29, 0.717) is 38.4 Å². The van der Waals surface area contributed by atoms with Crippen molar-refractivity contribution in [2.45, 2.75) is 25.1 Å². The summed E-state index contributed by atoms with van der Waals surface area (Å²) in [7, 11) is 0. The maximum Gasteiger partial charge on any atom is 0.416 e. The van der Waals surface area contributed by atoms with Crippen LogP contribution in [0.2, 0.25) is 0 Å². The monoisotopic (exact) mass is 497 g/mol. The molecule has 0 aliphatic carbocycles. The molecule has 3 aromatic rings. The molecule has 1 atom stereocenters. The summed E-state index contributed by atoms with van der Waals surface area (Å²) < 4.78 is 40.9. The number of hydrogen-bond donors (Lipinski definition) is 0.